The average molecular weight is 208 g/mol. The van der Waals surface area contributed by atoms with Crippen molar-refractivity contribution in [1.82, 2.24) is 0 Å². The van der Waals surface area contributed by atoms with Gasteiger partial charge in [0, 0.05) is 5.56 Å². The zero-order chi connectivity index (χ0) is 11.3. The number of hydrogen-bond donors (Lipinski definition) is 0. The Morgan fingerprint density at radius 1 is 1.20 bits per heavy atom. The highest BCUT2D eigenvalue weighted by molar-refractivity contribution is 5.79. The normalized spacial score (nSPS) is 9.80. The molecule has 0 saturated heterocycles. The van der Waals surface area contributed by atoms with E-state index in [9.17, 15) is 4.79 Å². The van der Waals surface area contributed by atoms with Crippen LogP contribution in [0.25, 0.3) is 0 Å². The Morgan fingerprint density at radius 3 is 2.27 bits per heavy atom. The lowest BCUT2D eigenvalue weighted by Crippen LogP contribution is -1.97. The first kappa shape index (κ1) is 11.6. The summed E-state index contributed by atoms with van der Waals surface area (Å²) in [6.45, 7) is 2.07. The molecular weight excluding hydrogens is 192 g/mol. The van der Waals surface area contributed by atoms with Crippen LogP contribution in [0.15, 0.2) is 12.1 Å². The summed E-state index contributed by atoms with van der Waals surface area (Å²) in [5.41, 5.74) is 1.68. The molecule has 0 amide bonds. The first-order valence-corrected chi connectivity index (χ1v) is 4.96. The molecule has 1 aromatic rings. The molecule has 0 aromatic heterocycles. The second-order valence-corrected chi connectivity index (χ2v) is 3.27. The zero-order valence-corrected chi connectivity index (χ0v) is 9.37. The van der Waals surface area contributed by atoms with E-state index in [0.717, 1.165) is 24.7 Å². The minimum atomic E-state index is 0.597. The van der Waals surface area contributed by atoms with E-state index in [-0.39, 0.29) is 0 Å². The Labute approximate surface area is 90.0 Å². The van der Waals surface area contributed by atoms with Crippen LogP contribution in [-0.2, 0) is 6.42 Å². The molecule has 3 heteroatoms. The van der Waals surface area contributed by atoms with E-state index in [1.54, 1.807) is 20.3 Å². The molecule has 0 aliphatic carbocycles. The Kier molecular flexibility index (Phi) is 4.16. The van der Waals surface area contributed by atoms with Gasteiger partial charge in [0.15, 0.2) is 11.5 Å². The molecule has 1 rings (SSSR count). The average Bonchev–Trinajstić information content (AvgIpc) is 2.28. The first-order valence-electron chi connectivity index (χ1n) is 4.96. The number of ether oxygens (including phenoxy) is 2. The van der Waals surface area contributed by atoms with Gasteiger partial charge in [0.1, 0.15) is 6.29 Å². The van der Waals surface area contributed by atoms with E-state index >= 15 is 0 Å². The number of carbonyl (C=O) groups excluding carboxylic acids is 1. The maximum Gasteiger partial charge on any atom is 0.161 e. The van der Waals surface area contributed by atoms with E-state index in [4.69, 9.17) is 9.47 Å². The minimum absolute atomic E-state index is 0.597. The van der Waals surface area contributed by atoms with Gasteiger partial charge in [0.05, 0.1) is 14.2 Å². The molecule has 0 bridgehead atoms. The van der Waals surface area contributed by atoms with Crippen LogP contribution in [0.4, 0.5) is 0 Å². The number of aldehydes is 1. The summed E-state index contributed by atoms with van der Waals surface area (Å²) >= 11 is 0. The van der Waals surface area contributed by atoms with Crippen LogP contribution in [0.5, 0.6) is 11.5 Å². The van der Waals surface area contributed by atoms with Crippen molar-refractivity contribution in [2.45, 2.75) is 19.8 Å². The summed E-state index contributed by atoms with van der Waals surface area (Å²) in [7, 11) is 3.15. The number of carbonyl (C=O) groups is 1. The quantitative estimate of drug-likeness (QED) is 0.697. The molecule has 0 N–H and O–H groups in total. The van der Waals surface area contributed by atoms with Crippen LogP contribution in [0, 0.1) is 0 Å². The summed E-state index contributed by atoms with van der Waals surface area (Å²) in [5.74, 6) is 1.27. The molecule has 0 spiro atoms. The summed E-state index contributed by atoms with van der Waals surface area (Å²) in [6, 6.07) is 3.59. The van der Waals surface area contributed by atoms with Crippen molar-refractivity contribution in [2.24, 2.45) is 0 Å². The third-order valence-electron chi connectivity index (χ3n) is 2.29. The van der Waals surface area contributed by atoms with Gasteiger partial charge in [0.2, 0.25) is 0 Å². The first-order chi connectivity index (χ1) is 7.26. The monoisotopic (exact) mass is 208 g/mol. The molecule has 0 saturated carbocycles. The molecule has 0 aliphatic heterocycles. The molecule has 0 unspecified atom stereocenters. The predicted octanol–water partition coefficient (Wildman–Crippen LogP) is 2.47. The van der Waals surface area contributed by atoms with Gasteiger partial charge in [-0.25, -0.2) is 0 Å². The lowest BCUT2D eigenvalue weighted by molar-refractivity contribution is 0.112. The van der Waals surface area contributed by atoms with Gasteiger partial charge in [-0.15, -0.1) is 0 Å². The van der Waals surface area contributed by atoms with E-state index < -0.39 is 0 Å². The molecule has 0 atom stereocenters. The van der Waals surface area contributed by atoms with Gasteiger partial charge >= 0.3 is 0 Å². The van der Waals surface area contributed by atoms with E-state index in [1.807, 2.05) is 6.07 Å². The zero-order valence-electron chi connectivity index (χ0n) is 9.37. The van der Waals surface area contributed by atoms with Crippen molar-refractivity contribution in [3.63, 3.8) is 0 Å². The van der Waals surface area contributed by atoms with E-state index in [0.29, 0.717) is 17.1 Å². The molecule has 15 heavy (non-hydrogen) atoms. The molecule has 0 fully saturated rings. The van der Waals surface area contributed by atoms with Gasteiger partial charge in [-0.2, -0.15) is 0 Å². The molecule has 1 aromatic carbocycles. The van der Waals surface area contributed by atoms with Crippen molar-refractivity contribution in [1.29, 1.82) is 0 Å². The minimum Gasteiger partial charge on any atom is -0.493 e. The second kappa shape index (κ2) is 5.39. The number of methoxy groups -OCH3 is 2. The lowest BCUT2D eigenvalue weighted by Gasteiger charge is -2.11. The fourth-order valence-electron chi connectivity index (χ4n) is 1.53. The highest BCUT2D eigenvalue weighted by Gasteiger charge is 2.09. The lowest BCUT2D eigenvalue weighted by atomic mass is 10.0. The fourth-order valence-corrected chi connectivity index (χ4v) is 1.53. The number of benzene rings is 1. The third-order valence-corrected chi connectivity index (χ3v) is 2.29. The maximum atomic E-state index is 10.9. The smallest absolute Gasteiger partial charge is 0.161 e. The van der Waals surface area contributed by atoms with Crippen LogP contribution in [-0.4, -0.2) is 20.5 Å². The van der Waals surface area contributed by atoms with Gasteiger partial charge < -0.3 is 9.47 Å². The molecule has 0 heterocycles. The number of aryl methyl sites for hydroxylation is 1. The van der Waals surface area contributed by atoms with Gasteiger partial charge in [0.25, 0.3) is 0 Å². The standard InChI is InChI=1S/C12H16O3/c1-4-5-9-6-11(14-2)12(15-3)7-10(9)8-13/h6-8H,4-5H2,1-3H3. The largest absolute Gasteiger partial charge is 0.493 e. The van der Waals surface area contributed by atoms with E-state index in [1.165, 1.54) is 0 Å². The maximum absolute atomic E-state index is 10.9. The van der Waals surface area contributed by atoms with Crippen molar-refractivity contribution in [2.75, 3.05) is 14.2 Å². The molecule has 0 aliphatic rings. The highest BCUT2D eigenvalue weighted by Crippen LogP contribution is 2.30. The van der Waals surface area contributed by atoms with Crippen LogP contribution in [0.1, 0.15) is 29.3 Å². The Morgan fingerprint density at radius 2 is 1.80 bits per heavy atom. The van der Waals surface area contributed by atoms with Crippen molar-refractivity contribution in [3.05, 3.63) is 23.3 Å². The molecule has 82 valence electrons. The van der Waals surface area contributed by atoms with Crippen LogP contribution >= 0.6 is 0 Å². The fraction of sp³-hybridized carbons (Fsp3) is 0.417. The van der Waals surface area contributed by atoms with Crippen molar-refractivity contribution >= 4 is 6.29 Å². The van der Waals surface area contributed by atoms with E-state index in [2.05, 4.69) is 6.92 Å². The van der Waals surface area contributed by atoms with Gasteiger partial charge in [-0.3, -0.25) is 4.79 Å². The second-order valence-electron chi connectivity index (χ2n) is 3.27. The van der Waals surface area contributed by atoms with Crippen LogP contribution in [0.3, 0.4) is 0 Å². The SMILES string of the molecule is CCCc1cc(OC)c(OC)cc1C=O. The predicted molar refractivity (Wildman–Crippen MR) is 58.9 cm³/mol. The number of rotatable bonds is 5. The summed E-state index contributed by atoms with van der Waals surface area (Å²) < 4.78 is 10.3. The highest BCUT2D eigenvalue weighted by atomic mass is 16.5. The summed E-state index contributed by atoms with van der Waals surface area (Å²) in [4.78, 5) is 10.9. The van der Waals surface area contributed by atoms with Crippen molar-refractivity contribution < 1.29 is 14.3 Å². The Bertz CT molecular complexity index is 345. The van der Waals surface area contributed by atoms with Gasteiger partial charge in [-0.1, -0.05) is 13.3 Å². The molecule has 3 nitrogen and oxygen atoms in total. The summed E-state index contributed by atoms with van der Waals surface area (Å²) in [5, 5.41) is 0. The topological polar surface area (TPSA) is 35.5 Å². The number of hydrogen-bond acceptors (Lipinski definition) is 3. The van der Waals surface area contributed by atoms with Gasteiger partial charge in [-0.05, 0) is 24.1 Å². The third kappa shape index (κ3) is 2.49. The summed E-state index contributed by atoms with van der Waals surface area (Å²) in [6.07, 6.45) is 2.72. The van der Waals surface area contributed by atoms with Crippen molar-refractivity contribution in [3.8, 4) is 11.5 Å². The Balaban J connectivity index is 3.20. The molecule has 0 radical (unpaired) electrons. The van der Waals surface area contributed by atoms with Crippen LogP contribution < -0.4 is 9.47 Å². The van der Waals surface area contributed by atoms with Crippen LogP contribution in [0.2, 0.25) is 0 Å². The Hall–Kier alpha value is -1.51. The molecular formula is C12H16O3.